The van der Waals surface area contributed by atoms with Crippen molar-refractivity contribution in [1.82, 2.24) is 0 Å². The van der Waals surface area contributed by atoms with Crippen LogP contribution >= 0.6 is 11.6 Å². The molecule has 0 aliphatic carbocycles. The first-order valence-electron chi connectivity index (χ1n) is 5.13. The molecule has 0 amide bonds. The number of ether oxygens (including phenoxy) is 2. The van der Waals surface area contributed by atoms with Gasteiger partial charge in [-0.25, -0.2) is 4.79 Å². The van der Waals surface area contributed by atoms with Crippen LogP contribution in [0.4, 0.5) is 0 Å². The lowest BCUT2D eigenvalue weighted by Gasteiger charge is -2.10. The quantitative estimate of drug-likeness (QED) is 0.588. The molecule has 3 nitrogen and oxygen atoms in total. The fraction of sp³-hybridized carbons (Fsp3) is 0.417. The number of hydrogen-bond acceptors (Lipinski definition) is 3. The molecule has 0 spiro atoms. The second-order valence-corrected chi connectivity index (χ2v) is 3.57. The second kappa shape index (κ2) is 6.38. The predicted molar refractivity (Wildman–Crippen MR) is 63.1 cm³/mol. The highest BCUT2D eigenvalue weighted by Crippen LogP contribution is 2.22. The first-order valence-corrected chi connectivity index (χ1v) is 5.66. The van der Waals surface area contributed by atoms with E-state index in [1.54, 1.807) is 12.1 Å². The number of halogens is 1. The molecule has 0 unspecified atom stereocenters. The third-order valence-electron chi connectivity index (χ3n) is 2.07. The monoisotopic (exact) mass is 242 g/mol. The molecular weight excluding hydrogens is 228 g/mol. The van der Waals surface area contributed by atoms with Crippen LogP contribution in [0, 0.1) is 0 Å². The van der Waals surface area contributed by atoms with E-state index in [9.17, 15) is 4.79 Å². The van der Waals surface area contributed by atoms with Gasteiger partial charge in [0, 0.05) is 5.88 Å². The largest absolute Gasteiger partial charge is 0.493 e. The van der Waals surface area contributed by atoms with Gasteiger partial charge in [-0.1, -0.05) is 13.0 Å². The van der Waals surface area contributed by atoms with Gasteiger partial charge in [-0.2, -0.15) is 0 Å². The van der Waals surface area contributed by atoms with Crippen LogP contribution in [0.15, 0.2) is 18.2 Å². The summed E-state index contributed by atoms with van der Waals surface area (Å²) in [5, 5.41) is 0. The fourth-order valence-corrected chi connectivity index (χ4v) is 1.43. The zero-order valence-electron chi connectivity index (χ0n) is 9.46. The van der Waals surface area contributed by atoms with E-state index >= 15 is 0 Å². The molecule has 0 aliphatic rings. The molecule has 16 heavy (non-hydrogen) atoms. The number of hydrogen-bond donors (Lipinski definition) is 0. The minimum atomic E-state index is -0.405. The Hall–Kier alpha value is -1.22. The zero-order chi connectivity index (χ0) is 12.0. The average molecular weight is 243 g/mol. The van der Waals surface area contributed by atoms with Crippen LogP contribution in [0.2, 0.25) is 0 Å². The SMILES string of the molecule is CCCOc1ccc(CCl)cc1C(=O)OC. The van der Waals surface area contributed by atoms with E-state index in [0.29, 0.717) is 23.8 Å². The van der Waals surface area contributed by atoms with Crippen LogP contribution in [-0.2, 0) is 10.6 Å². The van der Waals surface area contributed by atoms with Crippen molar-refractivity contribution < 1.29 is 14.3 Å². The molecule has 0 radical (unpaired) electrons. The van der Waals surface area contributed by atoms with Gasteiger partial charge in [0.2, 0.25) is 0 Å². The van der Waals surface area contributed by atoms with Gasteiger partial charge < -0.3 is 9.47 Å². The van der Waals surface area contributed by atoms with Gasteiger partial charge >= 0.3 is 5.97 Å². The molecular formula is C12H15ClO3. The molecule has 4 heteroatoms. The van der Waals surface area contributed by atoms with Crippen molar-refractivity contribution in [2.45, 2.75) is 19.2 Å². The van der Waals surface area contributed by atoms with Crippen LogP contribution in [0.1, 0.15) is 29.3 Å². The van der Waals surface area contributed by atoms with Crippen molar-refractivity contribution in [2.75, 3.05) is 13.7 Å². The van der Waals surface area contributed by atoms with Gasteiger partial charge in [-0.15, -0.1) is 11.6 Å². The summed E-state index contributed by atoms with van der Waals surface area (Å²) in [7, 11) is 1.35. The van der Waals surface area contributed by atoms with E-state index in [-0.39, 0.29) is 0 Å². The Labute approximate surface area is 100 Å². The first kappa shape index (κ1) is 12.8. The maximum absolute atomic E-state index is 11.5. The molecule has 0 fully saturated rings. The van der Waals surface area contributed by atoms with Gasteiger partial charge in [0.05, 0.1) is 13.7 Å². The summed E-state index contributed by atoms with van der Waals surface area (Å²) in [4.78, 5) is 11.5. The zero-order valence-corrected chi connectivity index (χ0v) is 10.2. The van der Waals surface area contributed by atoms with Crippen LogP contribution in [0.3, 0.4) is 0 Å². The molecule has 0 heterocycles. The average Bonchev–Trinajstić information content (AvgIpc) is 2.35. The van der Waals surface area contributed by atoms with Crippen LogP contribution < -0.4 is 4.74 Å². The van der Waals surface area contributed by atoms with E-state index in [2.05, 4.69) is 0 Å². The number of carbonyl (C=O) groups excluding carboxylic acids is 1. The molecule has 0 bridgehead atoms. The van der Waals surface area contributed by atoms with Crippen molar-refractivity contribution in [3.63, 3.8) is 0 Å². The van der Waals surface area contributed by atoms with Crippen molar-refractivity contribution in [1.29, 1.82) is 0 Å². The van der Waals surface area contributed by atoms with Gasteiger partial charge in [0.15, 0.2) is 0 Å². The van der Waals surface area contributed by atoms with E-state index in [1.165, 1.54) is 7.11 Å². The van der Waals surface area contributed by atoms with Gasteiger partial charge in [-0.3, -0.25) is 0 Å². The van der Waals surface area contributed by atoms with E-state index in [4.69, 9.17) is 21.1 Å². The normalized spacial score (nSPS) is 9.94. The first-order chi connectivity index (χ1) is 7.72. The third-order valence-corrected chi connectivity index (χ3v) is 2.37. The maximum Gasteiger partial charge on any atom is 0.341 e. The Morgan fingerprint density at radius 2 is 2.19 bits per heavy atom. The second-order valence-electron chi connectivity index (χ2n) is 3.30. The summed E-state index contributed by atoms with van der Waals surface area (Å²) in [6.45, 7) is 2.58. The van der Waals surface area contributed by atoms with Crippen molar-refractivity contribution >= 4 is 17.6 Å². The molecule has 0 aliphatic heterocycles. The number of benzene rings is 1. The Bertz CT molecular complexity index is 363. The molecule has 0 saturated heterocycles. The van der Waals surface area contributed by atoms with Gasteiger partial charge in [0.1, 0.15) is 11.3 Å². The highest BCUT2D eigenvalue weighted by Gasteiger charge is 2.13. The number of esters is 1. The molecule has 1 aromatic rings. The summed E-state index contributed by atoms with van der Waals surface area (Å²) < 4.78 is 10.2. The lowest BCUT2D eigenvalue weighted by Crippen LogP contribution is -2.07. The summed E-state index contributed by atoms with van der Waals surface area (Å²) in [6, 6.07) is 5.29. The van der Waals surface area contributed by atoms with Crippen molar-refractivity contribution in [3.8, 4) is 5.75 Å². The Morgan fingerprint density at radius 1 is 1.44 bits per heavy atom. The molecule has 0 atom stereocenters. The standard InChI is InChI=1S/C12H15ClO3/c1-3-6-16-11-5-4-9(8-13)7-10(11)12(14)15-2/h4-5,7H,3,6,8H2,1-2H3. The maximum atomic E-state index is 11.5. The Balaban J connectivity index is 3.01. The Morgan fingerprint density at radius 3 is 2.75 bits per heavy atom. The molecule has 0 N–H and O–H groups in total. The van der Waals surface area contributed by atoms with E-state index < -0.39 is 5.97 Å². The summed E-state index contributed by atoms with van der Waals surface area (Å²) >= 11 is 5.71. The molecule has 1 rings (SSSR count). The van der Waals surface area contributed by atoms with E-state index in [1.807, 2.05) is 13.0 Å². The number of alkyl halides is 1. The van der Waals surface area contributed by atoms with E-state index in [0.717, 1.165) is 12.0 Å². The lowest BCUT2D eigenvalue weighted by atomic mass is 10.1. The number of rotatable bonds is 5. The summed E-state index contributed by atoms with van der Waals surface area (Å²) in [5.74, 6) is 0.499. The number of carbonyl (C=O) groups is 1. The van der Waals surface area contributed by atoms with Crippen molar-refractivity contribution in [3.05, 3.63) is 29.3 Å². The van der Waals surface area contributed by atoms with Gasteiger partial charge in [0.25, 0.3) is 0 Å². The fourth-order valence-electron chi connectivity index (χ4n) is 1.27. The minimum absolute atomic E-state index is 0.359. The van der Waals surface area contributed by atoms with Crippen LogP contribution in [-0.4, -0.2) is 19.7 Å². The topological polar surface area (TPSA) is 35.5 Å². The highest BCUT2D eigenvalue weighted by molar-refractivity contribution is 6.17. The molecule has 1 aromatic carbocycles. The molecule has 88 valence electrons. The van der Waals surface area contributed by atoms with Gasteiger partial charge in [-0.05, 0) is 24.1 Å². The molecule has 0 aromatic heterocycles. The van der Waals surface area contributed by atoms with Crippen molar-refractivity contribution in [2.24, 2.45) is 0 Å². The highest BCUT2D eigenvalue weighted by atomic mass is 35.5. The Kier molecular flexibility index (Phi) is 5.12. The van der Waals surface area contributed by atoms with Crippen LogP contribution in [0.25, 0.3) is 0 Å². The predicted octanol–water partition coefficient (Wildman–Crippen LogP) is 3.00. The third kappa shape index (κ3) is 3.14. The lowest BCUT2D eigenvalue weighted by molar-refractivity contribution is 0.0596. The summed E-state index contributed by atoms with van der Waals surface area (Å²) in [5.41, 5.74) is 1.29. The van der Waals surface area contributed by atoms with Crippen LogP contribution in [0.5, 0.6) is 5.75 Å². The minimum Gasteiger partial charge on any atom is -0.493 e. The summed E-state index contributed by atoms with van der Waals surface area (Å²) in [6.07, 6.45) is 0.887. The molecule has 0 saturated carbocycles. The number of methoxy groups -OCH3 is 1. The smallest absolute Gasteiger partial charge is 0.341 e.